The van der Waals surface area contributed by atoms with E-state index in [1.165, 1.54) is 0 Å². The number of piperazine rings is 1. The normalized spacial score (nSPS) is 20.9. The van der Waals surface area contributed by atoms with E-state index in [9.17, 15) is 8.42 Å². The predicted octanol–water partition coefficient (Wildman–Crippen LogP) is 0.0220. The third-order valence-electron chi connectivity index (χ3n) is 3.85. The van der Waals surface area contributed by atoms with Crippen molar-refractivity contribution in [2.45, 2.75) is 26.0 Å². The van der Waals surface area contributed by atoms with Crippen LogP contribution in [0.15, 0.2) is 0 Å². The van der Waals surface area contributed by atoms with Crippen LogP contribution in [-0.4, -0.2) is 75.0 Å². The fraction of sp³-hybridized carbons (Fsp3) is 1.00. The highest BCUT2D eigenvalue weighted by atomic mass is 32.2. The molecule has 5 nitrogen and oxygen atoms in total. The molecule has 1 aliphatic rings. The van der Waals surface area contributed by atoms with Gasteiger partial charge < -0.3 is 10.6 Å². The van der Waals surface area contributed by atoms with Gasteiger partial charge in [0, 0.05) is 39.3 Å². The molecule has 0 amide bonds. The van der Waals surface area contributed by atoms with Crippen molar-refractivity contribution in [1.82, 2.24) is 9.80 Å². The number of hydrogen-bond donors (Lipinski definition) is 1. The van der Waals surface area contributed by atoms with Crippen molar-refractivity contribution in [3.05, 3.63) is 0 Å². The lowest BCUT2D eigenvalue weighted by molar-refractivity contribution is 0.126. The molecule has 0 radical (unpaired) electrons. The zero-order valence-corrected chi connectivity index (χ0v) is 13.3. The van der Waals surface area contributed by atoms with Gasteiger partial charge in [-0.1, -0.05) is 6.92 Å². The Morgan fingerprint density at radius 1 is 1.05 bits per heavy atom. The van der Waals surface area contributed by atoms with Gasteiger partial charge in [0.2, 0.25) is 0 Å². The van der Waals surface area contributed by atoms with Crippen LogP contribution in [0.3, 0.4) is 0 Å². The fourth-order valence-electron chi connectivity index (χ4n) is 2.20. The van der Waals surface area contributed by atoms with Crippen LogP contribution < -0.4 is 5.73 Å². The summed E-state index contributed by atoms with van der Waals surface area (Å²) in [6.07, 6.45) is 0. The van der Waals surface area contributed by atoms with Gasteiger partial charge in [0.1, 0.15) is 0 Å². The first-order valence-corrected chi connectivity index (χ1v) is 8.93. The molecule has 0 aliphatic carbocycles. The summed E-state index contributed by atoms with van der Waals surface area (Å²) in [4.78, 5) is 4.68. The SMILES string of the molecule is CC(CN)CN1CCN(CCS(=O)(=O)C(C)C)CC1. The molecule has 19 heavy (non-hydrogen) atoms. The van der Waals surface area contributed by atoms with Crippen molar-refractivity contribution in [3.8, 4) is 0 Å². The lowest BCUT2D eigenvalue weighted by Gasteiger charge is -2.35. The zero-order valence-electron chi connectivity index (χ0n) is 12.5. The molecule has 1 atom stereocenters. The van der Waals surface area contributed by atoms with E-state index in [-0.39, 0.29) is 11.0 Å². The standard InChI is InChI=1S/C13H29N3O2S/c1-12(2)19(17,18)9-8-15-4-6-16(7-5-15)11-13(3)10-14/h12-13H,4-11,14H2,1-3H3. The Morgan fingerprint density at radius 3 is 2.05 bits per heavy atom. The third-order valence-corrected chi connectivity index (χ3v) is 6.04. The molecule has 0 aromatic heterocycles. The number of rotatable bonds is 7. The van der Waals surface area contributed by atoms with Gasteiger partial charge in [0.25, 0.3) is 0 Å². The van der Waals surface area contributed by atoms with Gasteiger partial charge in [-0.2, -0.15) is 0 Å². The molecule has 0 bridgehead atoms. The molecule has 0 spiro atoms. The monoisotopic (exact) mass is 291 g/mol. The van der Waals surface area contributed by atoms with Crippen LogP contribution in [-0.2, 0) is 9.84 Å². The summed E-state index contributed by atoms with van der Waals surface area (Å²) in [5.41, 5.74) is 5.64. The van der Waals surface area contributed by atoms with E-state index in [2.05, 4.69) is 16.7 Å². The molecule has 0 aromatic rings. The molecule has 6 heteroatoms. The maximum Gasteiger partial charge on any atom is 0.153 e. The highest BCUT2D eigenvalue weighted by Gasteiger charge is 2.21. The van der Waals surface area contributed by atoms with Crippen molar-refractivity contribution >= 4 is 9.84 Å². The van der Waals surface area contributed by atoms with E-state index in [1.54, 1.807) is 13.8 Å². The molecule has 1 saturated heterocycles. The van der Waals surface area contributed by atoms with E-state index in [0.717, 1.165) is 39.3 Å². The Labute approximate surface area is 118 Å². The van der Waals surface area contributed by atoms with E-state index >= 15 is 0 Å². The topological polar surface area (TPSA) is 66.6 Å². The summed E-state index contributed by atoms with van der Waals surface area (Å²) in [5.74, 6) is 0.817. The van der Waals surface area contributed by atoms with Crippen LogP contribution >= 0.6 is 0 Å². The fourth-order valence-corrected chi connectivity index (χ4v) is 3.19. The molecule has 1 fully saturated rings. The molecular formula is C13H29N3O2S. The van der Waals surface area contributed by atoms with E-state index in [4.69, 9.17) is 5.73 Å². The van der Waals surface area contributed by atoms with Crippen LogP contribution in [0.25, 0.3) is 0 Å². The Balaban J connectivity index is 2.27. The summed E-state index contributed by atoms with van der Waals surface area (Å²) in [7, 11) is -2.91. The highest BCUT2D eigenvalue weighted by Crippen LogP contribution is 2.07. The Kier molecular flexibility index (Phi) is 6.73. The number of hydrogen-bond acceptors (Lipinski definition) is 5. The largest absolute Gasteiger partial charge is 0.330 e. The minimum Gasteiger partial charge on any atom is -0.330 e. The summed E-state index contributed by atoms with van der Waals surface area (Å²) in [6, 6.07) is 0. The van der Waals surface area contributed by atoms with Crippen molar-refractivity contribution in [3.63, 3.8) is 0 Å². The van der Waals surface area contributed by atoms with Gasteiger partial charge in [-0.25, -0.2) is 8.42 Å². The van der Waals surface area contributed by atoms with E-state index in [0.29, 0.717) is 12.5 Å². The minimum absolute atomic E-state index is 0.265. The van der Waals surface area contributed by atoms with Gasteiger partial charge in [0.15, 0.2) is 9.84 Å². The number of sulfone groups is 1. The van der Waals surface area contributed by atoms with Crippen LogP contribution in [0.2, 0.25) is 0 Å². The molecule has 0 aromatic carbocycles. The summed E-state index contributed by atoms with van der Waals surface area (Å²) < 4.78 is 23.5. The first-order valence-electron chi connectivity index (χ1n) is 7.21. The van der Waals surface area contributed by atoms with Gasteiger partial charge in [0.05, 0.1) is 11.0 Å². The number of nitrogens with two attached hydrogens (primary N) is 1. The van der Waals surface area contributed by atoms with Gasteiger partial charge in [-0.15, -0.1) is 0 Å². The Bertz CT molecular complexity index is 349. The zero-order chi connectivity index (χ0) is 14.5. The molecule has 1 rings (SSSR count). The van der Waals surface area contributed by atoms with Crippen LogP contribution in [0, 0.1) is 5.92 Å². The van der Waals surface area contributed by atoms with E-state index < -0.39 is 9.84 Å². The third kappa shape index (κ3) is 5.77. The molecule has 2 N–H and O–H groups in total. The smallest absolute Gasteiger partial charge is 0.153 e. The van der Waals surface area contributed by atoms with Crippen molar-refractivity contribution in [2.24, 2.45) is 11.7 Å². The average Bonchev–Trinajstić information content (AvgIpc) is 2.37. The average molecular weight is 291 g/mol. The molecule has 114 valence electrons. The first kappa shape index (κ1) is 16.9. The molecule has 1 unspecified atom stereocenters. The maximum atomic E-state index is 11.8. The van der Waals surface area contributed by atoms with Crippen LogP contribution in [0.1, 0.15) is 20.8 Å². The second kappa shape index (κ2) is 7.57. The van der Waals surface area contributed by atoms with Crippen molar-refractivity contribution in [1.29, 1.82) is 0 Å². The molecule has 0 saturated carbocycles. The van der Waals surface area contributed by atoms with Gasteiger partial charge in [-0.3, -0.25) is 4.90 Å². The Morgan fingerprint density at radius 2 is 1.58 bits per heavy atom. The minimum atomic E-state index is -2.91. The highest BCUT2D eigenvalue weighted by molar-refractivity contribution is 7.92. The van der Waals surface area contributed by atoms with Gasteiger partial charge >= 0.3 is 0 Å². The van der Waals surface area contributed by atoms with Crippen LogP contribution in [0.5, 0.6) is 0 Å². The predicted molar refractivity (Wildman–Crippen MR) is 80.0 cm³/mol. The van der Waals surface area contributed by atoms with Crippen molar-refractivity contribution < 1.29 is 8.42 Å². The molecule has 1 heterocycles. The Hall–Kier alpha value is -0.170. The maximum absolute atomic E-state index is 11.8. The summed E-state index contributed by atoms with van der Waals surface area (Å²) >= 11 is 0. The summed E-state index contributed by atoms with van der Waals surface area (Å²) in [6.45, 7) is 12.1. The second-order valence-corrected chi connectivity index (χ2v) is 8.58. The lowest BCUT2D eigenvalue weighted by atomic mass is 10.1. The second-order valence-electron chi connectivity index (χ2n) is 5.90. The molecular weight excluding hydrogens is 262 g/mol. The molecule has 1 aliphatic heterocycles. The lowest BCUT2D eigenvalue weighted by Crippen LogP contribution is -2.49. The number of nitrogens with zero attached hydrogens (tertiary/aromatic N) is 2. The summed E-state index contributed by atoms with van der Waals surface area (Å²) in [5, 5.41) is -0.265. The first-order chi connectivity index (χ1) is 8.85. The quantitative estimate of drug-likeness (QED) is 0.716. The van der Waals surface area contributed by atoms with Crippen LogP contribution in [0.4, 0.5) is 0 Å². The van der Waals surface area contributed by atoms with Crippen molar-refractivity contribution in [2.75, 3.05) is 51.6 Å². The van der Waals surface area contributed by atoms with Gasteiger partial charge in [-0.05, 0) is 26.3 Å². The van der Waals surface area contributed by atoms with E-state index in [1.807, 2.05) is 0 Å².